The van der Waals surface area contributed by atoms with Crippen LogP contribution in [0.1, 0.15) is 26.4 Å². The molecule has 0 saturated carbocycles. The summed E-state index contributed by atoms with van der Waals surface area (Å²) < 4.78 is 0. The third kappa shape index (κ3) is 2.23. The number of benzene rings is 1. The van der Waals surface area contributed by atoms with Gasteiger partial charge in [-0.25, -0.2) is 0 Å². The number of nitrogens with zero attached hydrogens (tertiary/aromatic N) is 1. The van der Waals surface area contributed by atoms with Crippen molar-refractivity contribution < 1.29 is 9.59 Å². The molecule has 0 saturated heterocycles. The molecule has 1 aromatic heterocycles. The van der Waals surface area contributed by atoms with Crippen molar-refractivity contribution in [2.75, 3.05) is 0 Å². The SMILES string of the molecule is O=C1C=C(NCc2ccccc2)C(=O)c2ncccc21. The molecule has 1 aliphatic carbocycles. The van der Waals surface area contributed by atoms with Gasteiger partial charge in [0.2, 0.25) is 5.78 Å². The van der Waals surface area contributed by atoms with Crippen LogP contribution in [0.4, 0.5) is 0 Å². The quantitative estimate of drug-likeness (QED) is 0.922. The van der Waals surface area contributed by atoms with Crippen LogP contribution in [0.15, 0.2) is 60.4 Å². The van der Waals surface area contributed by atoms with Crippen LogP contribution in [0.25, 0.3) is 0 Å². The van der Waals surface area contributed by atoms with E-state index in [0.717, 1.165) is 5.56 Å². The molecule has 0 bridgehead atoms. The normalized spacial score (nSPS) is 13.7. The predicted octanol–water partition coefficient (Wildman–Crippen LogP) is 2.13. The average molecular weight is 264 g/mol. The maximum absolute atomic E-state index is 12.2. The molecule has 0 radical (unpaired) electrons. The van der Waals surface area contributed by atoms with E-state index in [1.165, 1.54) is 12.3 Å². The fraction of sp³-hybridized carbons (Fsp3) is 0.0625. The molecule has 98 valence electrons. The molecule has 0 unspecified atom stereocenters. The first-order chi connectivity index (χ1) is 9.75. The van der Waals surface area contributed by atoms with E-state index >= 15 is 0 Å². The van der Waals surface area contributed by atoms with Gasteiger partial charge in [0.15, 0.2) is 5.78 Å². The van der Waals surface area contributed by atoms with Gasteiger partial charge in [-0.15, -0.1) is 0 Å². The Labute approximate surface area is 116 Å². The van der Waals surface area contributed by atoms with Crippen LogP contribution >= 0.6 is 0 Å². The summed E-state index contributed by atoms with van der Waals surface area (Å²) >= 11 is 0. The number of ketones is 2. The highest BCUT2D eigenvalue weighted by Gasteiger charge is 2.26. The van der Waals surface area contributed by atoms with Gasteiger partial charge in [0.25, 0.3) is 0 Å². The minimum atomic E-state index is -0.240. The maximum atomic E-state index is 12.2. The number of rotatable bonds is 3. The third-order valence-electron chi connectivity index (χ3n) is 3.13. The smallest absolute Gasteiger partial charge is 0.228 e. The molecule has 20 heavy (non-hydrogen) atoms. The van der Waals surface area contributed by atoms with Crippen molar-refractivity contribution in [3.63, 3.8) is 0 Å². The number of pyridine rings is 1. The minimum absolute atomic E-state index is 0.191. The van der Waals surface area contributed by atoms with E-state index in [9.17, 15) is 9.59 Å². The van der Waals surface area contributed by atoms with Crippen LogP contribution in [0.5, 0.6) is 0 Å². The number of carbonyl (C=O) groups excluding carboxylic acids is 2. The number of hydrogen-bond donors (Lipinski definition) is 1. The lowest BCUT2D eigenvalue weighted by atomic mass is 9.97. The lowest BCUT2D eigenvalue weighted by molar-refractivity contribution is 0.0974. The highest BCUT2D eigenvalue weighted by molar-refractivity contribution is 6.23. The zero-order valence-electron chi connectivity index (χ0n) is 10.7. The van der Waals surface area contributed by atoms with Gasteiger partial charge in [0.1, 0.15) is 5.69 Å². The van der Waals surface area contributed by atoms with Gasteiger partial charge >= 0.3 is 0 Å². The number of carbonyl (C=O) groups is 2. The van der Waals surface area contributed by atoms with Crippen molar-refractivity contribution in [2.24, 2.45) is 0 Å². The molecule has 4 heteroatoms. The lowest BCUT2D eigenvalue weighted by Crippen LogP contribution is -2.27. The number of hydrogen-bond acceptors (Lipinski definition) is 4. The van der Waals surface area contributed by atoms with Crippen molar-refractivity contribution in [3.8, 4) is 0 Å². The number of allylic oxidation sites excluding steroid dienone is 2. The summed E-state index contributed by atoms with van der Waals surface area (Å²) in [5, 5.41) is 3.01. The molecule has 0 aliphatic heterocycles. The molecule has 1 aromatic carbocycles. The summed E-state index contributed by atoms with van der Waals surface area (Å²) in [5.41, 5.74) is 1.92. The number of Topliss-reactive ketones (excluding diaryl/α,β-unsaturated/α-hetero) is 1. The first-order valence-electron chi connectivity index (χ1n) is 6.29. The van der Waals surface area contributed by atoms with Crippen LogP contribution in [0, 0.1) is 0 Å². The lowest BCUT2D eigenvalue weighted by Gasteiger charge is -2.15. The second-order valence-corrected chi connectivity index (χ2v) is 4.49. The standard InChI is InChI=1S/C16H12N2O2/c19-14-9-13(18-10-11-5-2-1-3-6-11)16(20)15-12(14)7-4-8-17-15/h1-9,18H,10H2. The molecule has 1 aliphatic rings. The number of fused-ring (bicyclic) bond motifs is 1. The third-order valence-corrected chi connectivity index (χ3v) is 3.13. The Morgan fingerprint density at radius 3 is 2.60 bits per heavy atom. The summed E-state index contributed by atoms with van der Waals surface area (Å²) in [4.78, 5) is 28.2. The summed E-state index contributed by atoms with van der Waals surface area (Å²) in [7, 11) is 0. The van der Waals surface area contributed by atoms with Crippen LogP contribution < -0.4 is 5.32 Å². The molecule has 0 atom stereocenters. The minimum Gasteiger partial charge on any atom is -0.378 e. The van der Waals surface area contributed by atoms with Gasteiger partial charge < -0.3 is 5.32 Å². The molecular formula is C16H12N2O2. The van der Waals surface area contributed by atoms with Crippen molar-refractivity contribution >= 4 is 11.6 Å². The summed E-state index contributed by atoms with van der Waals surface area (Å²) in [6, 6.07) is 13.0. The molecule has 0 amide bonds. The van der Waals surface area contributed by atoms with Gasteiger partial charge in [-0.3, -0.25) is 14.6 Å². The Hall–Kier alpha value is -2.75. The van der Waals surface area contributed by atoms with Crippen LogP contribution in [-0.4, -0.2) is 16.6 Å². The number of nitrogens with one attached hydrogen (secondary N) is 1. The highest BCUT2D eigenvalue weighted by Crippen LogP contribution is 2.17. The molecule has 1 heterocycles. The van der Waals surface area contributed by atoms with Crippen LogP contribution in [-0.2, 0) is 6.54 Å². The fourth-order valence-electron chi connectivity index (χ4n) is 2.11. The Morgan fingerprint density at radius 2 is 1.80 bits per heavy atom. The van der Waals surface area contributed by atoms with Crippen LogP contribution in [0.3, 0.4) is 0 Å². The summed E-state index contributed by atoms with van der Waals surface area (Å²) in [5.74, 6) is -0.431. The Balaban J connectivity index is 1.82. The molecule has 0 spiro atoms. The second kappa shape index (κ2) is 5.09. The van der Waals surface area contributed by atoms with Gasteiger partial charge in [-0.05, 0) is 17.7 Å². The maximum Gasteiger partial charge on any atom is 0.228 e. The fourth-order valence-corrected chi connectivity index (χ4v) is 2.11. The van der Waals surface area contributed by atoms with Gasteiger partial charge in [0.05, 0.1) is 11.3 Å². The first kappa shape index (κ1) is 12.3. The summed E-state index contributed by atoms with van der Waals surface area (Å²) in [6.45, 7) is 0.494. The molecular weight excluding hydrogens is 252 g/mol. The van der Waals surface area contributed by atoms with Crippen LogP contribution in [0.2, 0.25) is 0 Å². The van der Waals surface area contributed by atoms with E-state index < -0.39 is 0 Å². The van der Waals surface area contributed by atoms with Gasteiger partial charge in [0, 0.05) is 18.8 Å². The highest BCUT2D eigenvalue weighted by atomic mass is 16.1. The Kier molecular flexibility index (Phi) is 3.13. The van der Waals surface area contributed by atoms with Crippen molar-refractivity contribution in [2.45, 2.75) is 6.54 Å². The molecule has 1 N–H and O–H groups in total. The topological polar surface area (TPSA) is 59.1 Å². The second-order valence-electron chi connectivity index (χ2n) is 4.49. The molecule has 0 fully saturated rings. The van der Waals surface area contributed by atoms with E-state index in [0.29, 0.717) is 17.8 Å². The van der Waals surface area contributed by atoms with E-state index in [-0.39, 0.29) is 17.3 Å². The Bertz CT molecular complexity index is 705. The zero-order chi connectivity index (χ0) is 13.9. The molecule has 2 aromatic rings. The summed E-state index contributed by atoms with van der Waals surface area (Å²) in [6.07, 6.45) is 2.86. The van der Waals surface area contributed by atoms with E-state index in [4.69, 9.17) is 0 Å². The predicted molar refractivity (Wildman–Crippen MR) is 74.3 cm³/mol. The Morgan fingerprint density at radius 1 is 1.00 bits per heavy atom. The van der Waals surface area contributed by atoms with E-state index in [1.54, 1.807) is 12.1 Å². The average Bonchev–Trinajstić information content (AvgIpc) is 2.50. The van der Waals surface area contributed by atoms with Gasteiger partial charge in [-0.1, -0.05) is 30.3 Å². The first-order valence-corrected chi connectivity index (χ1v) is 6.29. The molecule has 3 rings (SSSR count). The molecule has 4 nitrogen and oxygen atoms in total. The van der Waals surface area contributed by atoms with Crippen molar-refractivity contribution in [1.29, 1.82) is 0 Å². The zero-order valence-corrected chi connectivity index (χ0v) is 10.7. The van der Waals surface area contributed by atoms with Gasteiger partial charge in [-0.2, -0.15) is 0 Å². The van der Waals surface area contributed by atoms with Crippen molar-refractivity contribution in [3.05, 3.63) is 77.3 Å². The van der Waals surface area contributed by atoms with E-state index in [1.807, 2.05) is 30.3 Å². The largest absolute Gasteiger partial charge is 0.378 e. The van der Waals surface area contributed by atoms with E-state index in [2.05, 4.69) is 10.3 Å². The van der Waals surface area contributed by atoms with Crippen molar-refractivity contribution in [1.82, 2.24) is 10.3 Å². The number of aromatic nitrogens is 1. The monoisotopic (exact) mass is 264 g/mol.